The molecule has 0 bridgehead atoms. The van der Waals surface area contributed by atoms with Crippen LogP contribution in [0, 0.1) is 0 Å². The molecule has 1 aliphatic heterocycles. The van der Waals surface area contributed by atoms with Crippen LogP contribution in [-0.4, -0.2) is 31.4 Å². The summed E-state index contributed by atoms with van der Waals surface area (Å²) in [5, 5.41) is 11.3. The van der Waals surface area contributed by atoms with Crippen molar-refractivity contribution in [1.82, 2.24) is 0 Å². The highest BCUT2D eigenvalue weighted by Gasteiger charge is 2.28. The molecular weight excluding hydrogens is 196 g/mol. The van der Waals surface area contributed by atoms with Gasteiger partial charge in [-0.3, -0.25) is 4.79 Å². The van der Waals surface area contributed by atoms with Crippen molar-refractivity contribution in [2.24, 2.45) is 0 Å². The number of rotatable bonds is 5. The van der Waals surface area contributed by atoms with E-state index in [1.54, 1.807) is 0 Å². The molecule has 2 unspecified atom stereocenters. The third kappa shape index (κ3) is 4.62. The zero-order valence-corrected chi connectivity index (χ0v) is 9.24. The van der Waals surface area contributed by atoms with Crippen molar-refractivity contribution in [2.75, 3.05) is 13.2 Å². The van der Waals surface area contributed by atoms with Gasteiger partial charge in [-0.05, 0) is 6.42 Å². The maximum Gasteiger partial charge on any atom is 0.306 e. The normalized spacial score (nSPS) is 26.3. The molecule has 0 aliphatic carbocycles. The summed E-state index contributed by atoms with van der Waals surface area (Å²) in [6.07, 6.45) is 2.54. The second-order valence-corrected chi connectivity index (χ2v) is 3.89. The largest absolute Gasteiger partial charge is 0.459 e. The van der Waals surface area contributed by atoms with Crippen LogP contribution >= 0.6 is 0 Å². The fourth-order valence-corrected chi connectivity index (χ4v) is 1.57. The van der Waals surface area contributed by atoms with Gasteiger partial charge in [0, 0.05) is 12.8 Å². The molecule has 4 heteroatoms. The molecule has 1 aliphatic rings. The molecule has 1 radical (unpaired) electrons. The first-order valence-electron chi connectivity index (χ1n) is 5.67. The van der Waals surface area contributed by atoms with Crippen molar-refractivity contribution in [3.8, 4) is 0 Å². The zero-order chi connectivity index (χ0) is 11.1. The minimum absolute atomic E-state index is 0.160. The average molecular weight is 215 g/mol. The zero-order valence-electron chi connectivity index (χ0n) is 9.24. The number of hydrogen-bond acceptors (Lipinski definition) is 3. The molecule has 2 atom stereocenters. The van der Waals surface area contributed by atoms with Gasteiger partial charge in [0.1, 0.15) is 6.10 Å². The summed E-state index contributed by atoms with van der Waals surface area (Å²) in [5.41, 5.74) is 0. The van der Waals surface area contributed by atoms with E-state index in [0.717, 1.165) is 19.3 Å². The Morgan fingerprint density at radius 3 is 2.93 bits per heavy atom. The lowest BCUT2D eigenvalue weighted by Gasteiger charge is -2.25. The lowest BCUT2D eigenvalue weighted by Crippen LogP contribution is -2.39. The number of carbonyl (C=O) groups is 1. The molecule has 0 N–H and O–H groups in total. The summed E-state index contributed by atoms with van der Waals surface area (Å²) in [5.74, 6) is -0.240. The SMILES string of the molecule is CCCCCC(=O)OC1CCOCC1[O]. The number of ether oxygens (including phenoxy) is 2. The van der Waals surface area contributed by atoms with Crippen LogP contribution in [0.2, 0.25) is 0 Å². The Kier molecular flexibility index (Phi) is 5.65. The van der Waals surface area contributed by atoms with Crippen LogP contribution < -0.4 is 0 Å². The molecule has 0 spiro atoms. The van der Waals surface area contributed by atoms with Gasteiger partial charge in [0.25, 0.3) is 0 Å². The second kappa shape index (κ2) is 6.80. The van der Waals surface area contributed by atoms with Gasteiger partial charge in [-0.2, -0.15) is 0 Å². The Morgan fingerprint density at radius 1 is 1.47 bits per heavy atom. The predicted molar refractivity (Wildman–Crippen MR) is 53.9 cm³/mol. The first kappa shape index (κ1) is 12.5. The minimum Gasteiger partial charge on any atom is -0.459 e. The van der Waals surface area contributed by atoms with Crippen molar-refractivity contribution in [3.05, 3.63) is 0 Å². The van der Waals surface area contributed by atoms with Crippen LogP contribution in [-0.2, 0) is 19.4 Å². The smallest absolute Gasteiger partial charge is 0.306 e. The molecule has 1 saturated heterocycles. The van der Waals surface area contributed by atoms with Gasteiger partial charge in [0.15, 0.2) is 6.10 Å². The van der Waals surface area contributed by atoms with Crippen molar-refractivity contribution in [3.63, 3.8) is 0 Å². The van der Waals surface area contributed by atoms with E-state index in [1.165, 1.54) is 0 Å². The third-order valence-corrected chi connectivity index (χ3v) is 2.51. The molecule has 0 aromatic carbocycles. The van der Waals surface area contributed by atoms with Gasteiger partial charge in [0.2, 0.25) is 0 Å². The van der Waals surface area contributed by atoms with Crippen molar-refractivity contribution < 1.29 is 19.4 Å². The van der Waals surface area contributed by atoms with Crippen LogP contribution in [0.5, 0.6) is 0 Å². The Bertz CT molecular complexity index is 193. The summed E-state index contributed by atoms with van der Waals surface area (Å²) in [4.78, 5) is 11.3. The van der Waals surface area contributed by atoms with Crippen LogP contribution in [0.3, 0.4) is 0 Å². The van der Waals surface area contributed by atoms with Crippen molar-refractivity contribution in [2.45, 2.75) is 51.2 Å². The number of esters is 1. The number of unbranched alkanes of at least 4 members (excludes halogenated alkanes) is 2. The Balaban J connectivity index is 2.18. The standard InChI is InChI=1S/C11H19O4/c1-2-3-4-5-11(13)15-10-6-7-14-8-9(10)12/h9-10H,2-8H2,1H3. The molecule has 0 aromatic rings. The van der Waals surface area contributed by atoms with Gasteiger partial charge in [0.05, 0.1) is 13.2 Å². The van der Waals surface area contributed by atoms with E-state index in [2.05, 4.69) is 6.92 Å². The lowest BCUT2D eigenvalue weighted by molar-refractivity contribution is -0.171. The highest BCUT2D eigenvalue weighted by Crippen LogP contribution is 2.13. The summed E-state index contributed by atoms with van der Waals surface area (Å²) < 4.78 is 10.1. The first-order chi connectivity index (χ1) is 7.24. The van der Waals surface area contributed by atoms with Crippen LogP contribution in [0.1, 0.15) is 39.0 Å². The average Bonchev–Trinajstić information content (AvgIpc) is 2.22. The van der Waals surface area contributed by atoms with Gasteiger partial charge < -0.3 is 9.47 Å². The van der Waals surface area contributed by atoms with E-state index < -0.39 is 12.2 Å². The van der Waals surface area contributed by atoms with E-state index in [1.807, 2.05) is 0 Å². The van der Waals surface area contributed by atoms with E-state index in [9.17, 15) is 9.90 Å². The first-order valence-corrected chi connectivity index (χ1v) is 5.67. The minimum atomic E-state index is -0.908. The predicted octanol–water partition coefficient (Wildman–Crippen LogP) is 1.70. The maximum absolute atomic E-state index is 11.3. The van der Waals surface area contributed by atoms with Crippen molar-refractivity contribution >= 4 is 5.97 Å². The quantitative estimate of drug-likeness (QED) is 0.518. The molecule has 0 aromatic heterocycles. The highest BCUT2D eigenvalue weighted by molar-refractivity contribution is 5.69. The van der Waals surface area contributed by atoms with E-state index in [-0.39, 0.29) is 12.6 Å². The van der Waals surface area contributed by atoms with Crippen molar-refractivity contribution in [1.29, 1.82) is 0 Å². The van der Waals surface area contributed by atoms with Gasteiger partial charge >= 0.3 is 5.97 Å². The van der Waals surface area contributed by atoms with E-state index in [4.69, 9.17) is 9.47 Å². The Hall–Kier alpha value is -0.610. The third-order valence-electron chi connectivity index (χ3n) is 2.51. The molecule has 0 saturated carbocycles. The molecule has 4 nitrogen and oxygen atoms in total. The molecule has 1 fully saturated rings. The molecule has 0 amide bonds. The summed E-state index contributed by atoms with van der Waals surface area (Å²) in [6, 6.07) is 0. The summed E-state index contributed by atoms with van der Waals surface area (Å²) in [7, 11) is 0. The Labute approximate surface area is 90.6 Å². The monoisotopic (exact) mass is 215 g/mol. The topological polar surface area (TPSA) is 55.4 Å². The summed E-state index contributed by atoms with van der Waals surface area (Å²) in [6.45, 7) is 2.76. The number of carbonyl (C=O) groups excluding carboxylic acids is 1. The van der Waals surface area contributed by atoms with Gasteiger partial charge in [-0.1, -0.05) is 19.8 Å². The maximum atomic E-state index is 11.3. The van der Waals surface area contributed by atoms with Gasteiger partial charge in [-0.15, -0.1) is 0 Å². The Morgan fingerprint density at radius 2 is 2.27 bits per heavy atom. The van der Waals surface area contributed by atoms with Crippen LogP contribution in [0.4, 0.5) is 0 Å². The molecule has 1 heterocycles. The summed E-state index contributed by atoms with van der Waals surface area (Å²) >= 11 is 0. The molecule has 15 heavy (non-hydrogen) atoms. The van der Waals surface area contributed by atoms with E-state index >= 15 is 0 Å². The highest BCUT2D eigenvalue weighted by atomic mass is 16.6. The fourth-order valence-electron chi connectivity index (χ4n) is 1.57. The van der Waals surface area contributed by atoms with E-state index in [0.29, 0.717) is 19.4 Å². The fraction of sp³-hybridized carbons (Fsp3) is 0.909. The van der Waals surface area contributed by atoms with Crippen LogP contribution in [0.15, 0.2) is 0 Å². The molecule has 87 valence electrons. The van der Waals surface area contributed by atoms with Gasteiger partial charge in [-0.25, -0.2) is 5.11 Å². The lowest BCUT2D eigenvalue weighted by atomic mass is 10.1. The second-order valence-electron chi connectivity index (χ2n) is 3.89. The molecular formula is C11H19O4. The van der Waals surface area contributed by atoms with Crippen LogP contribution in [0.25, 0.3) is 0 Å². The molecule has 1 rings (SSSR count). The number of hydrogen-bond donors (Lipinski definition) is 0.